The van der Waals surface area contributed by atoms with Crippen LogP contribution in [0.4, 0.5) is 0 Å². The maximum atomic E-state index is 11.2. The van der Waals surface area contributed by atoms with Gasteiger partial charge >= 0.3 is 0 Å². The third kappa shape index (κ3) is 3.78. The standard InChI is InChI=1S/C13H26N2O/c1-3-8-15-13(10-12(14)16)7-5-6-11(4-2)9-13/h11,15H,3-10H2,1-2H3,(H2,14,16). The molecule has 0 heterocycles. The Kier molecular flexibility index (Phi) is 5.26. The quantitative estimate of drug-likeness (QED) is 0.729. The largest absolute Gasteiger partial charge is 0.370 e. The van der Waals surface area contributed by atoms with Crippen LogP contribution in [0.1, 0.15) is 58.8 Å². The molecule has 0 aromatic carbocycles. The lowest BCUT2D eigenvalue weighted by molar-refractivity contribution is -0.120. The number of hydrogen-bond acceptors (Lipinski definition) is 2. The van der Waals surface area contributed by atoms with Crippen LogP contribution in [0, 0.1) is 5.92 Å². The van der Waals surface area contributed by atoms with Gasteiger partial charge in [0.2, 0.25) is 5.91 Å². The molecule has 0 aromatic rings. The van der Waals surface area contributed by atoms with E-state index in [4.69, 9.17) is 5.73 Å². The second-order valence-corrected chi connectivity index (χ2v) is 5.22. The lowest BCUT2D eigenvalue weighted by Crippen LogP contribution is -2.51. The summed E-state index contributed by atoms with van der Waals surface area (Å²) in [5.41, 5.74) is 5.39. The number of rotatable bonds is 6. The molecule has 1 saturated carbocycles. The Labute approximate surface area is 99.2 Å². The predicted octanol–water partition coefficient (Wildman–Crippen LogP) is 2.20. The Bertz CT molecular complexity index is 230. The van der Waals surface area contributed by atoms with Gasteiger partial charge < -0.3 is 11.1 Å². The summed E-state index contributed by atoms with van der Waals surface area (Å²) in [6.45, 7) is 5.39. The molecule has 2 unspecified atom stereocenters. The SMILES string of the molecule is CCCNC1(CC(N)=O)CCCC(CC)C1. The monoisotopic (exact) mass is 226 g/mol. The third-order valence-electron chi connectivity index (χ3n) is 3.79. The zero-order chi connectivity index (χ0) is 12.0. The first-order chi connectivity index (χ1) is 7.62. The van der Waals surface area contributed by atoms with Crippen LogP contribution in [-0.2, 0) is 4.79 Å². The molecule has 3 N–H and O–H groups in total. The summed E-state index contributed by atoms with van der Waals surface area (Å²) in [5, 5.41) is 3.58. The van der Waals surface area contributed by atoms with Gasteiger partial charge in [0.25, 0.3) is 0 Å². The Hall–Kier alpha value is -0.570. The van der Waals surface area contributed by atoms with E-state index in [0.29, 0.717) is 6.42 Å². The molecule has 16 heavy (non-hydrogen) atoms. The van der Waals surface area contributed by atoms with Crippen molar-refractivity contribution in [1.29, 1.82) is 0 Å². The van der Waals surface area contributed by atoms with Gasteiger partial charge in [-0.3, -0.25) is 4.79 Å². The minimum absolute atomic E-state index is 0.000764. The minimum Gasteiger partial charge on any atom is -0.370 e. The van der Waals surface area contributed by atoms with Crippen molar-refractivity contribution >= 4 is 5.91 Å². The van der Waals surface area contributed by atoms with Crippen molar-refractivity contribution in [2.24, 2.45) is 11.7 Å². The lowest BCUT2D eigenvalue weighted by atomic mass is 9.73. The summed E-state index contributed by atoms with van der Waals surface area (Å²) >= 11 is 0. The van der Waals surface area contributed by atoms with E-state index >= 15 is 0 Å². The van der Waals surface area contributed by atoms with Gasteiger partial charge in [-0.1, -0.05) is 33.1 Å². The Morgan fingerprint density at radius 1 is 1.50 bits per heavy atom. The molecule has 3 heteroatoms. The molecule has 0 radical (unpaired) electrons. The van der Waals surface area contributed by atoms with Gasteiger partial charge in [-0.2, -0.15) is 0 Å². The van der Waals surface area contributed by atoms with E-state index < -0.39 is 0 Å². The van der Waals surface area contributed by atoms with Crippen molar-refractivity contribution in [2.75, 3.05) is 6.54 Å². The topological polar surface area (TPSA) is 55.1 Å². The van der Waals surface area contributed by atoms with Gasteiger partial charge in [0.15, 0.2) is 0 Å². The molecule has 3 nitrogen and oxygen atoms in total. The van der Waals surface area contributed by atoms with Crippen molar-refractivity contribution < 1.29 is 4.79 Å². The molecule has 1 rings (SSSR count). The molecule has 2 atom stereocenters. The Morgan fingerprint density at radius 2 is 2.25 bits per heavy atom. The van der Waals surface area contributed by atoms with Crippen LogP contribution in [-0.4, -0.2) is 18.0 Å². The maximum Gasteiger partial charge on any atom is 0.219 e. The average Bonchev–Trinajstić information content (AvgIpc) is 2.26. The molecule has 1 amide bonds. The first kappa shape index (κ1) is 13.5. The highest BCUT2D eigenvalue weighted by Crippen LogP contribution is 2.36. The molecule has 0 spiro atoms. The average molecular weight is 226 g/mol. The maximum absolute atomic E-state index is 11.2. The first-order valence-corrected chi connectivity index (χ1v) is 6.65. The number of hydrogen-bond donors (Lipinski definition) is 2. The number of primary amides is 1. The molecule has 94 valence electrons. The second-order valence-electron chi connectivity index (χ2n) is 5.22. The molecule has 0 bridgehead atoms. The highest BCUT2D eigenvalue weighted by Gasteiger charge is 2.36. The molecule has 1 aliphatic carbocycles. The van der Waals surface area contributed by atoms with E-state index in [1.807, 2.05) is 0 Å². The van der Waals surface area contributed by atoms with Gasteiger partial charge in [0.05, 0.1) is 0 Å². The van der Waals surface area contributed by atoms with Gasteiger partial charge in [-0.25, -0.2) is 0 Å². The summed E-state index contributed by atoms with van der Waals surface area (Å²) in [7, 11) is 0. The molecular weight excluding hydrogens is 200 g/mol. The zero-order valence-corrected chi connectivity index (χ0v) is 10.7. The normalized spacial score (nSPS) is 30.2. The first-order valence-electron chi connectivity index (χ1n) is 6.65. The lowest BCUT2D eigenvalue weighted by Gasteiger charge is -2.41. The number of nitrogens with one attached hydrogen (secondary N) is 1. The fraction of sp³-hybridized carbons (Fsp3) is 0.923. The Morgan fingerprint density at radius 3 is 2.81 bits per heavy atom. The van der Waals surface area contributed by atoms with Crippen molar-refractivity contribution in [2.45, 2.75) is 64.3 Å². The van der Waals surface area contributed by atoms with E-state index in [2.05, 4.69) is 19.2 Å². The predicted molar refractivity (Wildman–Crippen MR) is 67.1 cm³/mol. The summed E-state index contributed by atoms with van der Waals surface area (Å²) in [6.07, 6.45) is 7.58. The van der Waals surface area contributed by atoms with Gasteiger partial charge in [0, 0.05) is 12.0 Å². The van der Waals surface area contributed by atoms with E-state index in [9.17, 15) is 4.79 Å². The molecule has 0 aliphatic heterocycles. The molecule has 1 aliphatic rings. The summed E-state index contributed by atoms with van der Waals surface area (Å²) in [6, 6.07) is 0. The van der Waals surface area contributed by atoms with Crippen molar-refractivity contribution in [3.8, 4) is 0 Å². The Balaban J connectivity index is 2.64. The second kappa shape index (κ2) is 6.24. The summed E-state index contributed by atoms with van der Waals surface area (Å²) < 4.78 is 0. The number of amides is 1. The van der Waals surface area contributed by atoms with Gasteiger partial charge in [-0.15, -0.1) is 0 Å². The fourth-order valence-corrected chi connectivity index (χ4v) is 2.94. The molecular formula is C13H26N2O. The van der Waals surface area contributed by atoms with E-state index in [-0.39, 0.29) is 11.4 Å². The van der Waals surface area contributed by atoms with Crippen molar-refractivity contribution in [3.05, 3.63) is 0 Å². The highest BCUT2D eigenvalue weighted by atomic mass is 16.1. The summed E-state index contributed by atoms with van der Waals surface area (Å²) in [4.78, 5) is 11.2. The molecule has 1 fully saturated rings. The zero-order valence-electron chi connectivity index (χ0n) is 10.7. The minimum atomic E-state index is -0.166. The van der Waals surface area contributed by atoms with Crippen LogP contribution in [0.25, 0.3) is 0 Å². The van der Waals surface area contributed by atoms with Crippen molar-refractivity contribution in [3.63, 3.8) is 0 Å². The fourth-order valence-electron chi connectivity index (χ4n) is 2.94. The van der Waals surface area contributed by atoms with E-state index in [0.717, 1.165) is 31.7 Å². The van der Waals surface area contributed by atoms with Crippen LogP contribution in [0.3, 0.4) is 0 Å². The van der Waals surface area contributed by atoms with Crippen LogP contribution >= 0.6 is 0 Å². The summed E-state index contributed by atoms with van der Waals surface area (Å²) in [5.74, 6) is 0.595. The van der Waals surface area contributed by atoms with Crippen LogP contribution in [0.5, 0.6) is 0 Å². The number of nitrogens with two attached hydrogens (primary N) is 1. The van der Waals surface area contributed by atoms with Crippen LogP contribution in [0.2, 0.25) is 0 Å². The van der Waals surface area contributed by atoms with Crippen LogP contribution < -0.4 is 11.1 Å². The molecule has 0 saturated heterocycles. The number of carbonyl (C=O) groups is 1. The van der Waals surface area contributed by atoms with Crippen LogP contribution in [0.15, 0.2) is 0 Å². The smallest absolute Gasteiger partial charge is 0.219 e. The van der Waals surface area contributed by atoms with E-state index in [1.54, 1.807) is 0 Å². The van der Waals surface area contributed by atoms with Crippen molar-refractivity contribution in [1.82, 2.24) is 5.32 Å². The molecule has 0 aromatic heterocycles. The van der Waals surface area contributed by atoms with E-state index in [1.165, 1.54) is 19.3 Å². The number of carbonyl (C=O) groups excluding carboxylic acids is 1. The van der Waals surface area contributed by atoms with Gasteiger partial charge in [0.1, 0.15) is 0 Å². The highest BCUT2D eigenvalue weighted by molar-refractivity contribution is 5.75. The van der Waals surface area contributed by atoms with Gasteiger partial charge in [-0.05, 0) is 31.7 Å². The third-order valence-corrected chi connectivity index (χ3v) is 3.79.